The topological polar surface area (TPSA) is 83.1 Å². The molecule has 0 saturated heterocycles. The first-order valence-electron chi connectivity index (χ1n) is 10.2. The number of hydrogen-bond acceptors (Lipinski definition) is 5. The molecule has 0 aliphatic rings. The van der Waals surface area contributed by atoms with Gasteiger partial charge in [0.1, 0.15) is 5.65 Å². The molecule has 3 aromatic heterocycles. The Kier molecular flexibility index (Phi) is 6.28. The average molecular weight is 428 g/mol. The van der Waals surface area contributed by atoms with E-state index < -0.39 is 0 Å². The molecular weight excluding hydrogens is 402 g/mol. The molecule has 2 N–H and O–H groups in total. The standard InChI is InChI=1S/C25H25N5O2/c1-30(2)11-5-8-23(31)29-20-7-4-6-17(12-20)19-13-21-22(16-28-25(21)27-15-19)18-9-10-24(32-3)26-14-18/h4-10,12-16H,11H2,1-3H3,(H,27,28)(H,29,31)/b8-5+. The second-order valence-electron chi connectivity index (χ2n) is 7.65. The molecule has 1 amide bonds. The zero-order valence-electron chi connectivity index (χ0n) is 18.3. The fraction of sp³-hybridized carbons (Fsp3) is 0.160. The van der Waals surface area contributed by atoms with Crippen molar-refractivity contribution in [3.8, 4) is 28.1 Å². The zero-order valence-corrected chi connectivity index (χ0v) is 18.3. The van der Waals surface area contributed by atoms with E-state index in [9.17, 15) is 4.79 Å². The van der Waals surface area contributed by atoms with Gasteiger partial charge in [0.05, 0.1) is 7.11 Å². The summed E-state index contributed by atoms with van der Waals surface area (Å²) >= 11 is 0. The molecule has 0 aliphatic heterocycles. The van der Waals surface area contributed by atoms with Gasteiger partial charge in [-0.15, -0.1) is 0 Å². The van der Waals surface area contributed by atoms with Gasteiger partial charge in [-0.2, -0.15) is 0 Å². The van der Waals surface area contributed by atoms with Gasteiger partial charge in [0.2, 0.25) is 11.8 Å². The summed E-state index contributed by atoms with van der Waals surface area (Å²) in [4.78, 5) is 26.3. The molecule has 4 aromatic rings. The summed E-state index contributed by atoms with van der Waals surface area (Å²) in [7, 11) is 5.51. The van der Waals surface area contributed by atoms with Gasteiger partial charge in [-0.05, 0) is 43.9 Å². The predicted molar refractivity (Wildman–Crippen MR) is 128 cm³/mol. The normalized spacial score (nSPS) is 11.4. The number of pyridine rings is 2. The minimum Gasteiger partial charge on any atom is -0.481 e. The summed E-state index contributed by atoms with van der Waals surface area (Å²) in [5.41, 5.74) is 5.45. The number of fused-ring (bicyclic) bond motifs is 1. The smallest absolute Gasteiger partial charge is 0.248 e. The Morgan fingerprint density at radius 1 is 1.09 bits per heavy atom. The molecule has 162 valence electrons. The number of rotatable bonds is 7. The average Bonchev–Trinajstić information content (AvgIpc) is 3.22. The highest BCUT2D eigenvalue weighted by Gasteiger charge is 2.10. The van der Waals surface area contributed by atoms with E-state index in [4.69, 9.17) is 4.74 Å². The third kappa shape index (κ3) is 4.84. The van der Waals surface area contributed by atoms with Gasteiger partial charge in [0.25, 0.3) is 0 Å². The molecule has 0 radical (unpaired) electrons. The minimum atomic E-state index is -0.155. The molecule has 0 fully saturated rings. The highest BCUT2D eigenvalue weighted by atomic mass is 16.5. The molecule has 7 heteroatoms. The molecule has 0 aliphatic carbocycles. The quantitative estimate of drug-likeness (QED) is 0.428. The second kappa shape index (κ2) is 9.45. The number of nitrogens with zero attached hydrogens (tertiary/aromatic N) is 3. The molecule has 7 nitrogen and oxygen atoms in total. The van der Waals surface area contributed by atoms with Crippen LogP contribution in [0, 0.1) is 0 Å². The van der Waals surface area contributed by atoms with Crippen LogP contribution in [0.2, 0.25) is 0 Å². The Morgan fingerprint density at radius 2 is 1.94 bits per heavy atom. The molecule has 0 bridgehead atoms. The fourth-order valence-corrected chi connectivity index (χ4v) is 3.39. The Hall–Kier alpha value is -3.97. The molecular formula is C25H25N5O2. The lowest BCUT2D eigenvalue weighted by atomic mass is 10.0. The van der Waals surface area contributed by atoms with Crippen molar-refractivity contribution in [2.45, 2.75) is 0 Å². The number of aromatic amines is 1. The molecule has 0 spiro atoms. The maximum absolute atomic E-state index is 12.2. The van der Waals surface area contributed by atoms with Crippen molar-refractivity contribution >= 4 is 22.6 Å². The molecule has 3 heterocycles. The van der Waals surface area contributed by atoms with Crippen molar-refractivity contribution in [2.75, 3.05) is 33.1 Å². The third-order valence-corrected chi connectivity index (χ3v) is 4.99. The fourth-order valence-electron chi connectivity index (χ4n) is 3.39. The number of carbonyl (C=O) groups is 1. The summed E-state index contributed by atoms with van der Waals surface area (Å²) < 4.78 is 5.15. The van der Waals surface area contributed by atoms with Crippen LogP contribution >= 0.6 is 0 Å². The van der Waals surface area contributed by atoms with E-state index in [0.29, 0.717) is 12.4 Å². The highest BCUT2D eigenvalue weighted by Crippen LogP contribution is 2.31. The summed E-state index contributed by atoms with van der Waals surface area (Å²) in [5.74, 6) is 0.417. The van der Waals surface area contributed by atoms with Gasteiger partial charge in [-0.3, -0.25) is 4.79 Å². The van der Waals surface area contributed by atoms with Crippen molar-refractivity contribution < 1.29 is 9.53 Å². The van der Waals surface area contributed by atoms with E-state index in [1.165, 1.54) is 0 Å². The zero-order chi connectivity index (χ0) is 22.5. The summed E-state index contributed by atoms with van der Waals surface area (Å²) in [6.07, 6.45) is 8.93. The van der Waals surface area contributed by atoms with E-state index in [1.54, 1.807) is 19.4 Å². The number of aromatic nitrogens is 3. The predicted octanol–water partition coefficient (Wildman–Crippen LogP) is 4.36. The number of likely N-dealkylation sites (N-methyl/N-ethyl adjacent to an activating group) is 1. The monoisotopic (exact) mass is 427 g/mol. The molecule has 32 heavy (non-hydrogen) atoms. The van der Waals surface area contributed by atoms with Crippen LogP contribution in [0.25, 0.3) is 33.3 Å². The van der Waals surface area contributed by atoms with E-state index in [2.05, 4.69) is 26.3 Å². The first-order chi connectivity index (χ1) is 15.5. The van der Waals surface area contributed by atoms with E-state index in [1.807, 2.05) is 73.9 Å². The van der Waals surface area contributed by atoms with Gasteiger partial charge < -0.3 is 19.9 Å². The Balaban J connectivity index is 1.60. The SMILES string of the molecule is COc1ccc(-c2c[nH]c3ncc(-c4cccc(NC(=O)/C=C/CN(C)C)c4)cc23)cn1. The number of methoxy groups -OCH3 is 1. The van der Waals surface area contributed by atoms with Crippen LogP contribution < -0.4 is 10.1 Å². The summed E-state index contributed by atoms with van der Waals surface area (Å²) in [6.45, 7) is 0.710. The summed E-state index contributed by atoms with van der Waals surface area (Å²) in [6, 6.07) is 13.6. The van der Waals surface area contributed by atoms with Gasteiger partial charge >= 0.3 is 0 Å². The largest absolute Gasteiger partial charge is 0.481 e. The second-order valence-corrected chi connectivity index (χ2v) is 7.65. The van der Waals surface area contributed by atoms with Crippen LogP contribution in [-0.2, 0) is 4.79 Å². The number of amides is 1. The maximum Gasteiger partial charge on any atom is 0.248 e. The van der Waals surface area contributed by atoms with Crippen LogP contribution in [0.3, 0.4) is 0 Å². The molecule has 4 rings (SSSR count). The van der Waals surface area contributed by atoms with Crippen LogP contribution in [0.5, 0.6) is 5.88 Å². The van der Waals surface area contributed by atoms with Crippen molar-refractivity contribution in [1.29, 1.82) is 0 Å². The lowest BCUT2D eigenvalue weighted by Gasteiger charge is -2.08. The van der Waals surface area contributed by atoms with Gasteiger partial charge in [0, 0.05) is 65.0 Å². The van der Waals surface area contributed by atoms with Crippen molar-refractivity contribution in [1.82, 2.24) is 19.9 Å². The Morgan fingerprint density at radius 3 is 2.69 bits per heavy atom. The van der Waals surface area contributed by atoms with Crippen molar-refractivity contribution in [2.24, 2.45) is 0 Å². The number of hydrogen-bond donors (Lipinski definition) is 2. The van der Waals surface area contributed by atoms with Gasteiger partial charge in [0.15, 0.2) is 0 Å². The molecule has 0 saturated carbocycles. The first-order valence-corrected chi connectivity index (χ1v) is 10.2. The number of ether oxygens (including phenoxy) is 1. The highest BCUT2D eigenvalue weighted by molar-refractivity contribution is 6.00. The van der Waals surface area contributed by atoms with Crippen molar-refractivity contribution in [3.05, 3.63) is 73.2 Å². The number of benzene rings is 1. The first kappa shape index (κ1) is 21.3. The number of anilines is 1. The lowest BCUT2D eigenvalue weighted by molar-refractivity contribution is -0.111. The van der Waals surface area contributed by atoms with Gasteiger partial charge in [-0.25, -0.2) is 9.97 Å². The van der Waals surface area contributed by atoms with Crippen LogP contribution in [0.1, 0.15) is 0 Å². The maximum atomic E-state index is 12.2. The molecule has 0 unspecified atom stereocenters. The van der Waals surface area contributed by atoms with Crippen LogP contribution in [0.15, 0.2) is 73.2 Å². The molecule has 0 atom stereocenters. The van der Waals surface area contributed by atoms with Crippen LogP contribution in [-0.4, -0.2) is 53.5 Å². The number of carbonyl (C=O) groups excluding carboxylic acids is 1. The third-order valence-electron chi connectivity index (χ3n) is 4.99. The van der Waals surface area contributed by atoms with Crippen molar-refractivity contribution in [3.63, 3.8) is 0 Å². The number of H-pyrrole nitrogens is 1. The Bertz CT molecular complexity index is 1260. The van der Waals surface area contributed by atoms with E-state index in [0.717, 1.165) is 39.0 Å². The number of nitrogens with one attached hydrogen (secondary N) is 2. The minimum absolute atomic E-state index is 0.155. The Labute approximate surface area is 186 Å². The molecule has 1 aromatic carbocycles. The van der Waals surface area contributed by atoms with Crippen LogP contribution in [0.4, 0.5) is 5.69 Å². The van der Waals surface area contributed by atoms with Gasteiger partial charge in [-0.1, -0.05) is 18.2 Å². The van der Waals surface area contributed by atoms with E-state index in [-0.39, 0.29) is 5.91 Å². The van der Waals surface area contributed by atoms with E-state index >= 15 is 0 Å². The lowest BCUT2D eigenvalue weighted by Crippen LogP contribution is -2.12. The summed E-state index contributed by atoms with van der Waals surface area (Å²) in [5, 5.41) is 3.91.